The van der Waals surface area contributed by atoms with Gasteiger partial charge in [0.2, 0.25) is 0 Å². The number of likely N-dealkylation sites (tertiary alicyclic amines) is 1. The molecular formula is C20H32N2O2. The summed E-state index contributed by atoms with van der Waals surface area (Å²) in [6.45, 7) is 10.3. The molecule has 1 N–H and O–H groups in total. The molecule has 1 aromatic carbocycles. The summed E-state index contributed by atoms with van der Waals surface area (Å²) in [5, 5.41) is 3.08. The van der Waals surface area contributed by atoms with Gasteiger partial charge in [0.15, 0.2) is 0 Å². The molecule has 0 spiro atoms. The van der Waals surface area contributed by atoms with E-state index in [2.05, 4.69) is 31.0 Å². The first kappa shape index (κ1) is 18.8. The SMILES string of the molecule is CCCCN1CC(NC(=O)OCc2ccccc2)CC(C(C)C)C1. The van der Waals surface area contributed by atoms with Gasteiger partial charge in [-0.3, -0.25) is 0 Å². The number of nitrogens with one attached hydrogen (secondary N) is 1. The number of benzene rings is 1. The lowest BCUT2D eigenvalue weighted by molar-refractivity contribution is 0.0972. The molecule has 1 aromatic rings. The van der Waals surface area contributed by atoms with Crippen LogP contribution in [0.5, 0.6) is 0 Å². The summed E-state index contributed by atoms with van der Waals surface area (Å²) in [5.74, 6) is 1.27. The Kier molecular flexibility index (Phi) is 7.57. The Bertz CT molecular complexity index is 490. The van der Waals surface area contributed by atoms with Crippen molar-refractivity contribution >= 4 is 6.09 Å². The number of hydrogen-bond donors (Lipinski definition) is 1. The molecule has 0 radical (unpaired) electrons. The predicted octanol–water partition coefficient (Wildman–Crippen LogP) is 4.06. The molecule has 4 heteroatoms. The molecule has 0 aliphatic carbocycles. The van der Waals surface area contributed by atoms with Crippen LogP contribution < -0.4 is 5.32 Å². The molecule has 1 saturated heterocycles. The lowest BCUT2D eigenvalue weighted by Gasteiger charge is -2.39. The van der Waals surface area contributed by atoms with Gasteiger partial charge in [0.25, 0.3) is 0 Å². The normalized spacial score (nSPS) is 21.7. The summed E-state index contributed by atoms with van der Waals surface area (Å²) in [6, 6.07) is 9.99. The molecular weight excluding hydrogens is 300 g/mol. The number of rotatable bonds is 7. The lowest BCUT2D eigenvalue weighted by atomic mass is 9.85. The third-order valence-electron chi connectivity index (χ3n) is 4.86. The van der Waals surface area contributed by atoms with Gasteiger partial charge in [0.1, 0.15) is 6.61 Å². The number of amides is 1. The smallest absolute Gasteiger partial charge is 0.407 e. The Balaban J connectivity index is 1.83. The molecule has 0 bridgehead atoms. The van der Waals surface area contributed by atoms with Gasteiger partial charge in [-0.05, 0) is 36.8 Å². The quantitative estimate of drug-likeness (QED) is 0.819. The van der Waals surface area contributed by atoms with Gasteiger partial charge in [0.05, 0.1) is 0 Å². The molecule has 2 rings (SSSR count). The minimum absolute atomic E-state index is 0.186. The Hall–Kier alpha value is -1.55. The molecule has 1 fully saturated rings. The van der Waals surface area contributed by atoms with Gasteiger partial charge in [-0.1, -0.05) is 57.5 Å². The van der Waals surface area contributed by atoms with E-state index < -0.39 is 0 Å². The Labute approximate surface area is 146 Å². The standard InChI is InChI=1S/C20H32N2O2/c1-4-5-11-22-13-18(16(2)3)12-19(14-22)21-20(23)24-15-17-9-7-6-8-10-17/h6-10,16,18-19H,4-5,11-15H2,1-3H3,(H,21,23). The van der Waals surface area contributed by atoms with E-state index in [9.17, 15) is 4.79 Å². The fraction of sp³-hybridized carbons (Fsp3) is 0.650. The second kappa shape index (κ2) is 9.67. The summed E-state index contributed by atoms with van der Waals surface area (Å²) >= 11 is 0. The highest BCUT2D eigenvalue weighted by Crippen LogP contribution is 2.24. The van der Waals surface area contributed by atoms with Crippen molar-refractivity contribution in [1.82, 2.24) is 10.2 Å². The van der Waals surface area contributed by atoms with Gasteiger partial charge in [-0.2, -0.15) is 0 Å². The minimum Gasteiger partial charge on any atom is -0.445 e. The van der Waals surface area contributed by atoms with Gasteiger partial charge < -0.3 is 15.0 Å². The maximum absolute atomic E-state index is 12.1. The van der Waals surface area contributed by atoms with Crippen LogP contribution in [0.15, 0.2) is 30.3 Å². The summed E-state index contributed by atoms with van der Waals surface area (Å²) in [5.41, 5.74) is 1.01. The number of carbonyl (C=O) groups excluding carboxylic acids is 1. The van der Waals surface area contributed by atoms with Crippen LogP contribution in [0, 0.1) is 11.8 Å². The molecule has 1 amide bonds. The second-order valence-electron chi connectivity index (χ2n) is 7.26. The summed E-state index contributed by atoms with van der Waals surface area (Å²) in [7, 11) is 0. The summed E-state index contributed by atoms with van der Waals surface area (Å²) in [6.07, 6.45) is 3.17. The van der Waals surface area contributed by atoms with Crippen LogP contribution in [0.3, 0.4) is 0 Å². The fourth-order valence-electron chi connectivity index (χ4n) is 3.32. The zero-order valence-corrected chi connectivity index (χ0v) is 15.3. The van der Waals surface area contributed by atoms with E-state index in [1.165, 1.54) is 12.8 Å². The highest BCUT2D eigenvalue weighted by atomic mass is 16.5. The van der Waals surface area contributed by atoms with Gasteiger partial charge in [-0.15, -0.1) is 0 Å². The van der Waals surface area contributed by atoms with Crippen LogP contribution in [0.4, 0.5) is 4.79 Å². The van der Waals surface area contributed by atoms with E-state index in [0.717, 1.165) is 31.6 Å². The van der Waals surface area contributed by atoms with Crippen molar-refractivity contribution in [1.29, 1.82) is 0 Å². The van der Waals surface area contributed by atoms with Crippen molar-refractivity contribution in [3.63, 3.8) is 0 Å². The van der Waals surface area contributed by atoms with Gasteiger partial charge >= 0.3 is 6.09 Å². The molecule has 0 saturated carbocycles. The van der Waals surface area contributed by atoms with Gasteiger partial charge in [-0.25, -0.2) is 4.79 Å². The van der Waals surface area contributed by atoms with Crippen LogP contribution >= 0.6 is 0 Å². The van der Waals surface area contributed by atoms with Crippen LogP contribution in [0.2, 0.25) is 0 Å². The van der Waals surface area contributed by atoms with E-state index in [0.29, 0.717) is 18.4 Å². The van der Waals surface area contributed by atoms with Crippen molar-refractivity contribution in [2.45, 2.75) is 52.7 Å². The van der Waals surface area contributed by atoms with Crippen molar-refractivity contribution in [2.24, 2.45) is 11.8 Å². The van der Waals surface area contributed by atoms with Crippen molar-refractivity contribution < 1.29 is 9.53 Å². The average molecular weight is 332 g/mol. The molecule has 1 aliphatic rings. The third-order valence-corrected chi connectivity index (χ3v) is 4.86. The average Bonchev–Trinajstić information content (AvgIpc) is 2.59. The lowest BCUT2D eigenvalue weighted by Crippen LogP contribution is -2.52. The molecule has 0 aromatic heterocycles. The Morgan fingerprint density at radius 3 is 2.71 bits per heavy atom. The van der Waals surface area contributed by atoms with E-state index >= 15 is 0 Å². The topological polar surface area (TPSA) is 41.6 Å². The van der Waals surface area contributed by atoms with E-state index in [1.54, 1.807) is 0 Å². The van der Waals surface area contributed by atoms with Crippen molar-refractivity contribution in [2.75, 3.05) is 19.6 Å². The maximum atomic E-state index is 12.1. The van der Waals surface area contributed by atoms with Crippen LogP contribution in [0.1, 0.15) is 45.6 Å². The second-order valence-corrected chi connectivity index (χ2v) is 7.26. The number of carbonyl (C=O) groups is 1. The first-order chi connectivity index (χ1) is 11.6. The predicted molar refractivity (Wildman–Crippen MR) is 97.8 cm³/mol. The fourth-order valence-corrected chi connectivity index (χ4v) is 3.32. The van der Waals surface area contributed by atoms with Crippen LogP contribution in [-0.2, 0) is 11.3 Å². The van der Waals surface area contributed by atoms with E-state index in [-0.39, 0.29) is 12.1 Å². The number of unbranched alkanes of at least 4 members (excludes halogenated alkanes) is 1. The zero-order valence-electron chi connectivity index (χ0n) is 15.3. The monoisotopic (exact) mass is 332 g/mol. The summed E-state index contributed by atoms with van der Waals surface area (Å²) in [4.78, 5) is 14.6. The largest absolute Gasteiger partial charge is 0.445 e. The molecule has 24 heavy (non-hydrogen) atoms. The number of ether oxygens (including phenoxy) is 1. The molecule has 1 heterocycles. The number of piperidine rings is 1. The number of hydrogen-bond acceptors (Lipinski definition) is 3. The van der Waals surface area contributed by atoms with E-state index in [1.807, 2.05) is 30.3 Å². The summed E-state index contributed by atoms with van der Waals surface area (Å²) < 4.78 is 5.37. The zero-order chi connectivity index (χ0) is 17.4. The minimum atomic E-state index is -0.302. The molecule has 2 atom stereocenters. The van der Waals surface area contributed by atoms with Crippen LogP contribution in [-0.4, -0.2) is 36.7 Å². The van der Waals surface area contributed by atoms with Gasteiger partial charge in [0, 0.05) is 19.1 Å². The van der Waals surface area contributed by atoms with E-state index in [4.69, 9.17) is 4.74 Å². The van der Waals surface area contributed by atoms with Crippen molar-refractivity contribution in [3.05, 3.63) is 35.9 Å². The first-order valence-electron chi connectivity index (χ1n) is 9.28. The third kappa shape index (κ3) is 6.16. The number of alkyl carbamates (subject to hydrolysis) is 1. The number of nitrogens with zero attached hydrogens (tertiary/aromatic N) is 1. The highest BCUT2D eigenvalue weighted by Gasteiger charge is 2.29. The maximum Gasteiger partial charge on any atom is 0.407 e. The molecule has 134 valence electrons. The van der Waals surface area contributed by atoms with Crippen molar-refractivity contribution in [3.8, 4) is 0 Å². The highest BCUT2D eigenvalue weighted by molar-refractivity contribution is 5.67. The molecule has 2 unspecified atom stereocenters. The molecule has 1 aliphatic heterocycles. The Morgan fingerprint density at radius 2 is 2.04 bits per heavy atom. The van der Waals surface area contributed by atoms with Crippen LogP contribution in [0.25, 0.3) is 0 Å². The molecule has 4 nitrogen and oxygen atoms in total. The Morgan fingerprint density at radius 1 is 1.29 bits per heavy atom. The first-order valence-corrected chi connectivity index (χ1v) is 9.28.